The van der Waals surface area contributed by atoms with E-state index in [9.17, 15) is 18.4 Å². The van der Waals surface area contributed by atoms with E-state index in [4.69, 9.17) is 4.74 Å². The van der Waals surface area contributed by atoms with E-state index >= 15 is 0 Å². The fourth-order valence-electron chi connectivity index (χ4n) is 2.39. The van der Waals surface area contributed by atoms with Crippen molar-refractivity contribution in [1.82, 2.24) is 10.3 Å². The van der Waals surface area contributed by atoms with Crippen molar-refractivity contribution in [1.29, 1.82) is 0 Å². The number of methoxy groups -OCH3 is 1. The first-order chi connectivity index (χ1) is 11.9. The maximum Gasteiger partial charge on any atom is 0.325 e. The number of nitrogens with zero attached hydrogens (tertiary/aromatic N) is 2. The van der Waals surface area contributed by atoms with Gasteiger partial charge < -0.3 is 19.7 Å². The molecule has 0 aromatic carbocycles. The van der Waals surface area contributed by atoms with Gasteiger partial charge in [-0.2, -0.15) is 0 Å². The molecule has 0 unspecified atom stereocenters. The van der Waals surface area contributed by atoms with Gasteiger partial charge in [-0.1, -0.05) is 0 Å². The zero-order chi connectivity index (χ0) is 18.0. The molecule has 7 nitrogen and oxygen atoms in total. The van der Waals surface area contributed by atoms with Gasteiger partial charge >= 0.3 is 5.97 Å². The number of pyridine rings is 1. The molecule has 1 N–H and O–H groups in total. The molecule has 0 spiro atoms. The highest BCUT2D eigenvalue weighted by Crippen LogP contribution is 2.37. The first kappa shape index (κ1) is 17.4. The van der Waals surface area contributed by atoms with Crippen molar-refractivity contribution < 1.29 is 27.8 Å². The molecular formula is C16H19F2N3O4. The van der Waals surface area contributed by atoms with Crippen LogP contribution >= 0.6 is 0 Å². The highest BCUT2D eigenvalue weighted by atomic mass is 19.3. The van der Waals surface area contributed by atoms with Crippen molar-refractivity contribution in [3.8, 4) is 5.88 Å². The van der Waals surface area contributed by atoms with E-state index in [1.807, 2.05) is 0 Å². The number of amides is 1. The Balaban J connectivity index is 1.72. The molecule has 1 saturated heterocycles. The molecule has 2 fully saturated rings. The summed E-state index contributed by atoms with van der Waals surface area (Å²) in [6, 6.07) is 2.96. The molecule has 1 aliphatic heterocycles. The lowest BCUT2D eigenvalue weighted by Gasteiger charge is -2.40. The molecule has 0 atom stereocenters. The van der Waals surface area contributed by atoms with Gasteiger partial charge in [0.05, 0.1) is 26.8 Å². The number of hydrogen-bond acceptors (Lipinski definition) is 6. The van der Waals surface area contributed by atoms with Crippen LogP contribution in [0.2, 0.25) is 0 Å². The number of esters is 1. The minimum absolute atomic E-state index is 0.0470. The van der Waals surface area contributed by atoms with Gasteiger partial charge in [-0.05, 0) is 30.9 Å². The SMILES string of the molecule is COC(=O)CNC(=O)c1ccc(N2CC(F)(F)C2)c(OCC2CC2)n1. The second kappa shape index (κ2) is 6.81. The minimum atomic E-state index is -2.72. The van der Waals surface area contributed by atoms with Gasteiger partial charge in [0.1, 0.15) is 17.9 Å². The van der Waals surface area contributed by atoms with Gasteiger partial charge in [0.25, 0.3) is 11.8 Å². The monoisotopic (exact) mass is 355 g/mol. The predicted molar refractivity (Wildman–Crippen MR) is 84.0 cm³/mol. The third kappa shape index (κ3) is 4.34. The Morgan fingerprint density at radius 3 is 2.68 bits per heavy atom. The number of nitrogens with one attached hydrogen (secondary N) is 1. The zero-order valence-electron chi connectivity index (χ0n) is 13.8. The first-order valence-corrected chi connectivity index (χ1v) is 7.99. The van der Waals surface area contributed by atoms with Gasteiger partial charge in [-0.25, -0.2) is 13.8 Å². The van der Waals surface area contributed by atoms with Crippen LogP contribution in [0.15, 0.2) is 12.1 Å². The molecule has 0 bridgehead atoms. The van der Waals surface area contributed by atoms with Gasteiger partial charge in [-0.3, -0.25) is 9.59 Å². The summed E-state index contributed by atoms with van der Waals surface area (Å²) in [5.74, 6) is -3.26. The number of ether oxygens (including phenoxy) is 2. The third-order valence-corrected chi connectivity index (χ3v) is 4.03. The van der Waals surface area contributed by atoms with Crippen LogP contribution < -0.4 is 15.0 Å². The van der Waals surface area contributed by atoms with Crippen molar-refractivity contribution in [2.75, 3.05) is 38.3 Å². The Hall–Kier alpha value is -2.45. The van der Waals surface area contributed by atoms with E-state index < -0.39 is 30.9 Å². The van der Waals surface area contributed by atoms with Crippen LogP contribution in [0.1, 0.15) is 23.3 Å². The number of aromatic nitrogens is 1. The quantitative estimate of drug-likeness (QED) is 0.741. The summed E-state index contributed by atoms with van der Waals surface area (Å²) in [6.45, 7) is -0.641. The molecule has 2 aliphatic rings. The van der Waals surface area contributed by atoms with Crippen LogP contribution in [0, 0.1) is 5.92 Å². The lowest BCUT2D eigenvalue weighted by molar-refractivity contribution is -0.139. The van der Waals surface area contributed by atoms with E-state index in [1.54, 1.807) is 0 Å². The fraction of sp³-hybridized carbons (Fsp3) is 0.562. The molecule has 1 amide bonds. The summed E-state index contributed by atoms with van der Waals surface area (Å²) in [4.78, 5) is 28.8. The van der Waals surface area contributed by atoms with Crippen LogP contribution in [0.4, 0.5) is 14.5 Å². The number of hydrogen-bond donors (Lipinski definition) is 1. The van der Waals surface area contributed by atoms with Crippen LogP contribution in [0.3, 0.4) is 0 Å². The van der Waals surface area contributed by atoms with Crippen LogP contribution in [0.5, 0.6) is 5.88 Å². The second-order valence-corrected chi connectivity index (χ2v) is 6.25. The average Bonchev–Trinajstić information content (AvgIpc) is 3.39. The number of anilines is 1. The average molecular weight is 355 g/mol. The summed E-state index contributed by atoms with van der Waals surface area (Å²) in [5, 5.41) is 2.38. The number of carbonyl (C=O) groups is 2. The summed E-state index contributed by atoms with van der Waals surface area (Å²) in [5.41, 5.74) is 0.488. The van der Waals surface area contributed by atoms with E-state index in [0.29, 0.717) is 18.2 Å². The summed E-state index contributed by atoms with van der Waals surface area (Å²) in [7, 11) is 1.22. The fourth-order valence-corrected chi connectivity index (χ4v) is 2.39. The number of rotatable bonds is 7. The maximum atomic E-state index is 13.1. The number of carbonyl (C=O) groups excluding carboxylic acids is 2. The van der Waals surface area contributed by atoms with E-state index in [1.165, 1.54) is 24.1 Å². The van der Waals surface area contributed by atoms with Crippen LogP contribution in [-0.4, -0.2) is 56.1 Å². The Labute approximate surface area is 143 Å². The van der Waals surface area contributed by atoms with Gasteiger partial charge in [0.15, 0.2) is 0 Å². The molecule has 2 heterocycles. The third-order valence-electron chi connectivity index (χ3n) is 4.03. The molecule has 0 radical (unpaired) electrons. The highest BCUT2D eigenvalue weighted by Gasteiger charge is 2.45. The summed E-state index contributed by atoms with van der Waals surface area (Å²) >= 11 is 0. The highest BCUT2D eigenvalue weighted by molar-refractivity contribution is 5.94. The summed E-state index contributed by atoms with van der Waals surface area (Å²) < 4.78 is 36.4. The zero-order valence-corrected chi connectivity index (χ0v) is 13.8. The topological polar surface area (TPSA) is 80.8 Å². The molecule has 25 heavy (non-hydrogen) atoms. The number of alkyl halides is 2. The smallest absolute Gasteiger partial charge is 0.325 e. The molecule has 1 aromatic heterocycles. The van der Waals surface area contributed by atoms with Gasteiger partial charge in [0, 0.05) is 0 Å². The Morgan fingerprint density at radius 1 is 1.36 bits per heavy atom. The van der Waals surface area contributed by atoms with Crippen molar-refractivity contribution in [2.24, 2.45) is 5.92 Å². The van der Waals surface area contributed by atoms with E-state index in [0.717, 1.165) is 12.8 Å². The number of halogens is 2. The van der Waals surface area contributed by atoms with Crippen LogP contribution in [0.25, 0.3) is 0 Å². The predicted octanol–water partition coefficient (Wildman–Crippen LogP) is 1.23. The summed E-state index contributed by atoms with van der Waals surface area (Å²) in [6.07, 6.45) is 2.13. The van der Waals surface area contributed by atoms with Crippen molar-refractivity contribution in [2.45, 2.75) is 18.8 Å². The van der Waals surface area contributed by atoms with E-state index in [-0.39, 0.29) is 18.1 Å². The molecule has 1 aromatic rings. The molecule has 136 valence electrons. The lowest BCUT2D eigenvalue weighted by Crippen LogP contribution is -2.56. The second-order valence-electron chi connectivity index (χ2n) is 6.25. The first-order valence-electron chi connectivity index (χ1n) is 7.99. The van der Waals surface area contributed by atoms with Gasteiger partial charge in [-0.15, -0.1) is 0 Å². The standard InChI is InChI=1S/C16H19F2N3O4/c1-24-13(22)6-19-14(23)11-4-5-12(21-8-16(17,18)9-21)15(20-11)25-7-10-2-3-10/h4-5,10H,2-3,6-9H2,1H3,(H,19,23). The van der Waals surface area contributed by atoms with Crippen molar-refractivity contribution >= 4 is 17.6 Å². The molecule has 1 saturated carbocycles. The van der Waals surface area contributed by atoms with Crippen LogP contribution in [-0.2, 0) is 9.53 Å². The van der Waals surface area contributed by atoms with E-state index in [2.05, 4.69) is 15.0 Å². The molecule has 9 heteroatoms. The molecule has 1 aliphatic carbocycles. The lowest BCUT2D eigenvalue weighted by atomic mass is 10.1. The van der Waals surface area contributed by atoms with Crippen molar-refractivity contribution in [3.63, 3.8) is 0 Å². The maximum absolute atomic E-state index is 13.1. The molecular weight excluding hydrogens is 336 g/mol. The Morgan fingerprint density at radius 2 is 2.08 bits per heavy atom. The Kier molecular flexibility index (Phi) is 4.73. The van der Waals surface area contributed by atoms with Gasteiger partial charge in [0.2, 0.25) is 5.88 Å². The minimum Gasteiger partial charge on any atom is -0.476 e. The normalized spacial score (nSPS) is 18.3. The molecule has 3 rings (SSSR count). The Bertz CT molecular complexity index is 671. The van der Waals surface area contributed by atoms with Crippen molar-refractivity contribution in [3.05, 3.63) is 17.8 Å². The largest absolute Gasteiger partial charge is 0.476 e.